The number of amides is 1. The molecule has 5 heteroatoms. The van der Waals surface area contributed by atoms with Gasteiger partial charge in [-0.05, 0) is 37.1 Å². The Kier molecular flexibility index (Phi) is 3.37. The first-order chi connectivity index (χ1) is 8.97. The third-order valence-electron chi connectivity index (χ3n) is 2.77. The van der Waals surface area contributed by atoms with E-state index in [1.165, 1.54) is 18.3 Å². The molecule has 0 saturated carbocycles. The zero-order valence-electron chi connectivity index (χ0n) is 10.7. The van der Waals surface area contributed by atoms with Crippen LogP contribution in [0.3, 0.4) is 0 Å². The van der Waals surface area contributed by atoms with E-state index in [0.717, 1.165) is 11.1 Å². The van der Waals surface area contributed by atoms with Gasteiger partial charge in [-0.3, -0.25) is 9.59 Å². The number of phenols is 1. The van der Waals surface area contributed by atoms with Crippen LogP contribution in [0.2, 0.25) is 0 Å². The Hall–Kier alpha value is -2.56. The molecule has 2 rings (SSSR count). The molecule has 1 aromatic carbocycles. The first-order valence-electron chi connectivity index (χ1n) is 5.77. The zero-order valence-corrected chi connectivity index (χ0v) is 10.7. The average Bonchev–Trinajstić information content (AvgIpc) is 2.33. The van der Waals surface area contributed by atoms with Crippen LogP contribution < -0.4 is 10.7 Å². The number of aromatic amines is 1. The summed E-state index contributed by atoms with van der Waals surface area (Å²) in [6.07, 6.45) is 1.42. The molecule has 0 radical (unpaired) electrons. The predicted octanol–water partition coefficient (Wildman–Crippen LogP) is 1.95. The number of carbonyl (C=O) groups is 1. The maximum Gasteiger partial charge on any atom is 0.272 e. The Balaban J connectivity index is 2.32. The van der Waals surface area contributed by atoms with Gasteiger partial charge in [0.25, 0.3) is 5.91 Å². The van der Waals surface area contributed by atoms with Gasteiger partial charge in [-0.25, -0.2) is 0 Å². The van der Waals surface area contributed by atoms with Gasteiger partial charge >= 0.3 is 0 Å². The van der Waals surface area contributed by atoms with Gasteiger partial charge in [-0.2, -0.15) is 0 Å². The Bertz CT molecular complexity index is 666. The van der Waals surface area contributed by atoms with E-state index in [1.807, 2.05) is 0 Å². The summed E-state index contributed by atoms with van der Waals surface area (Å²) in [5.41, 5.74) is 2.10. The maximum atomic E-state index is 12.0. The number of carbonyl (C=O) groups excluding carboxylic acids is 1. The summed E-state index contributed by atoms with van der Waals surface area (Å²) < 4.78 is 0. The number of pyridine rings is 1. The van der Waals surface area contributed by atoms with Crippen molar-refractivity contribution in [1.29, 1.82) is 0 Å². The molecule has 2 aromatic rings. The van der Waals surface area contributed by atoms with Gasteiger partial charge in [0, 0.05) is 24.0 Å². The van der Waals surface area contributed by atoms with Crippen LogP contribution in [-0.4, -0.2) is 16.0 Å². The highest BCUT2D eigenvalue weighted by molar-refractivity contribution is 6.03. The molecule has 0 fully saturated rings. The molecule has 5 nitrogen and oxygen atoms in total. The summed E-state index contributed by atoms with van der Waals surface area (Å²) in [4.78, 5) is 25.9. The van der Waals surface area contributed by atoms with Crippen LogP contribution in [0.1, 0.15) is 21.6 Å². The SMILES string of the molecule is Cc1cc(O)cc(C)c1NC(=O)c1cc(=O)cc[nH]1. The van der Waals surface area contributed by atoms with Crippen LogP contribution >= 0.6 is 0 Å². The molecule has 0 aliphatic carbocycles. The number of nitrogens with one attached hydrogen (secondary N) is 2. The third kappa shape index (κ3) is 2.82. The van der Waals surface area contributed by atoms with Crippen molar-refractivity contribution in [3.63, 3.8) is 0 Å². The number of hydrogen-bond acceptors (Lipinski definition) is 3. The second-order valence-corrected chi connectivity index (χ2v) is 4.35. The fraction of sp³-hybridized carbons (Fsp3) is 0.143. The lowest BCUT2D eigenvalue weighted by Crippen LogP contribution is -2.17. The van der Waals surface area contributed by atoms with E-state index in [4.69, 9.17) is 0 Å². The smallest absolute Gasteiger partial charge is 0.272 e. The van der Waals surface area contributed by atoms with Gasteiger partial charge in [0.05, 0.1) is 0 Å². The minimum Gasteiger partial charge on any atom is -0.508 e. The van der Waals surface area contributed by atoms with E-state index in [9.17, 15) is 14.7 Å². The average molecular weight is 258 g/mol. The van der Waals surface area contributed by atoms with Crippen molar-refractivity contribution in [3.05, 3.63) is 57.5 Å². The highest BCUT2D eigenvalue weighted by atomic mass is 16.3. The Morgan fingerprint density at radius 3 is 2.42 bits per heavy atom. The minimum atomic E-state index is -0.394. The summed E-state index contributed by atoms with van der Waals surface area (Å²) in [7, 11) is 0. The Morgan fingerprint density at radius 2 is 1.84 bits per heavy atom. The molecule has 1 heterocycles. The third-order valence-corrected chi connectivity index (χ3v) is 2.77. The Morgan fingerprint density at radius 1 is 1.21 bits per heavy atom. The largest absolute Gasteiger partial charge is 0.508 e. The van der Waals surface area contributed by atoms with Crippen molar-refractivity contribution in [2.24, 2.45) is 0 Å². The Labute approximate surface area is 109 Å². The lowest BCUT2D eigenvalue weighted by atomic mass is 10.1. The van der Waals surface area contributed by atoms with Crippen LogP contribution in [0.4, 0.5) is 5.69 Å². The first-order valence-corrected chi connectivity index (χ1v) is 5.77. The van der Waals surface area contributed by atoms with Crippen LogP contribution in [0.5, 0.6) is 5.75 Å². The van der Waals surface area contributed by atoms with Gasteiger partial charge < -0.3 is 15.4 Å². The summed E-state index contributed by atoms with van der Waals surface area (Å²) in [5, 5.41) is 12.2. The van der Waals surface area contributed by atoms with Crippen LogP contribution in [0.15, 0.2) is 35.3 Å². The van der Waals surface area contributed by atoms with Crippen molar-refractivity contribution in [1.82, 2.24) is 4.98 Å². The van der Waals surface area contributed by atoms with Gasteiger partial charge in [0.1, 0.15) is 11.4 Å². The number of hydrogen-bond donors (Lipinski definition) is 3. The highest BCUT2D eigenvalue weighted by Crippen LogP contribution is 2.25. The number of phenolic OH excluding ortho intramolecular Hbond substituents is 1. The molecular weight excluding hydrogens is 244 g/mol. The summed E-state index contributed by atoms with van der Waals surface area (Å²) in [5.74, 6) is -0.240. The lowest BCUT2D eigenvalue weighted by molar-refractivity contribution is 0.102. The molecule has 0 unspecified atom stereocenters. The number of rotatable bonds is 2. The quantitative estimate of drug-likeness (QED) is 0.720. The fourth-order valence-electron chi connectivity index (χ4n) is 1.90. The topological polar surface area (TPSA) is 82.2 Å². The monoisotopic (exact) mass is 258 g/mol. The fourth-order valence-corrected chi connectivity index (χ4v) is 1.90. The van der Waals surface area contributed by atoms with Gasteiger partial charge in [0.15, 0.2) is 5.43 Å². The number of aryl methyl sites for hydroxylation is 2. The van der Waals surface area contributed by atoms with Gasteiger partial charge in [-0.15, -0.1) is 0 Å². The molecular formula is C14H14N2O3. The molecule has 1 amide bonds. The number of anilines is 1. The highest BCUT2D eigenvalue weighted by Gasteiger charge is 2.11. The first kappa shape index (κ1) is 12.9. The molecule has 0 aliphatic rings. The van der Waals surface area contributed by atoms with Crippen LogP contribution in [-0.2, 0) is 0 Å². The number of aromatic nitrogens is 1. The molecule has 0 bridgehead atoms. The van der Waals surface area contributed by atoms with E-state index in [2.05, 4.69) is 10.3 Å². The van der Waals surface area contributed by atoms with E-state index >= 15 is 0 Å². The molecule has 19 heavy (non-hydrogen) atoms. The summed E-state index contributed by atoms with van der Waals surface area (Å²) in [6, 6.07) is 5.71. The number of benzene rings is 1. The molecule has 98 valence electrons. The zero-order chi connectivity index (χ0) is 14.0. The molecule has 0 saturated heterocycles. The number of H-pyrrole nitrogens is 1. The lowest BCUT2D eigenvalue weighted by Gasteiger charge is -2.12. The van der Waals surface area contributed by atoms with Crippen molar-refractivity contribution >= 4 is 11.6 Å². The minimum absolute atomic E-state index is 0.154. The second kappa shape index (κ2) is 4.97. The predicted molar refractivity (Wildman–Crippen MR) is 72.6 cm³/mol. The summed E-state index contributed by atoms with van der Waals surface area (Å²) >= 11 is 0. The molecule has 0 atom stereocenters. The summed E-state index contributed by atoms with van der Waals surface area (Å²) in [6.45, 7) is 3.58. The molecule has 1 aromatic heterocycles. The second-order valence-electron chi connectivity index (χ2n) is 4.35. The maximum absolute atomic E-state index is 12.0. The molecule has 0 aliphatic heterocycles. The van der Waals surface area contributed by atoms with E-state index in [1.54, 1.807) is 26.0 Å². The van der Waals surface area contributed by atoms with Crippen molar-refractivity contribution in [3.8, 4) is 5.75 Å². The van der Waals surface area contributed by atoms with Crippen LogP contribution in [0.25, 0.3) is 0 Å². The number of aromatic hydroxyl groups is 1. The standard InChI is InChI=1S/C14H14N2O3/c1-8-5-11(18)6-9(2)13(8)16-14(19)12-7-10(17)3-4-15-12/h3-7,18H,1-2H3,(H,15,17)(H,16,19). The van der Waals surface area contributed by atoms with E-state index in [-0.39, 0.29) is 16.9 Å². The van der Waals surface area contributed by atoms with Crippen molar-refractivity contribution < 1.29 is 9.90 Å². The van der Waals surface area contributed by atoms with E-state index < -0.39 is 5.91 Å². The van der Waals surface area contributed by atoms with Crippen LogP contribution in [0, 0.1) is 13.8 Å². The molecule has 3 N–H and O–H groups in total. The van der Waals surface area contributed by atoms with Gasteiger partial charge in [-0.1, -0.05) is 0 Å². The molecule has 0 spiro atoms. The normalized spacial score (nSPS) is 10.2. The van der Waals surface area contributed by atoms with E-state index in [0.29, 0.717) is 5.69 Å². The van der Waals surface area contributed by atoms with Gasteiger partial charge in [0.2, 0.25) is 0 Å². The van der Waals surface area contributed by atoms with Crippen molar-refractivity contribution in [2.45, 2.75) is 13.8 Å². The van der Waals surface area contributed by atoms with Crippen molar-refractivity contribution in [2.75, 3.05) is 5.32 Å².